The molecule has 0 atom stereocenters. The van der Waals surface area contributed by atoms with Crippen molar-refractivity contribution in [3.05, 3.63) is 5.28 Å². The molecule has 3 rings (SSSR count). The zero-order chi connectivity index (χ0) is 20.2. The fourth-order valence-corrected chi connectivity index (χ4v) is 4.64. The van der Waals surface area contributed by atoms with E-state index in [1.165, 1.54) is 89.9 Å². The van der Waals surface area contributed by atoms with Crippen LogP contribution in [0.2, 0.25) is 5.28 Å². The third-order valence-corrected chi connectivity index (χ3v) is 6.38. The van der Waals surface area contributed by atoms with E-state index >= 15 is 0 Å². The van der Waals surface area contributed by atoms with Crippen molar-refractivity contribution in [3.8, 4) is 12.0 Å². The van der Waals surface area contributed by atoms with Crippen LogP contribution >= 0.6 is 11.6 Å². The van der Waals surface area contributed by atoms with Crippen LogP contribution in [0.5, 0.6) is 12.0 Å². The van der Waals surface area contributed by atoms with Crippen LogP contribution in [-0.2, 0) is 0 Å². The first kappa shape index (κ1) is 22.6. The SMILES string of the molecule is Clc1nc(OC2CCCCCCCCCC2)nc(OC2CCCCCCCC2)n1. The van der Waals surface area contributed by atoms with Gasteiger partial charge >= 0.3 is 12.0 Å². The summed E-state index contributed by atoms with van der Waals surface area (Å²) in [4.78, 5) is 12.9. The average molecular weight is 424 g/mol. The van der Waals surface area contributed by atoms with Gasteiger partial charge < -0.3 is 9.47 Å². The second kappa shape index (κ2) is 13.3. The van der Waals surface area contributed by atoms with Crippen LogP contribution in [0.25, 0.3) is 0 Å². The zero-order valence-electron chi connectivity index (χ0n) is 17.9. The Hall–Kier alpha value is -1.10. The molecule has 0 unspecified atom stereocenters. The summed E-state index contributed by atoms with van der Waals surface area (Å²) in [5.41, 5.74) is 0. The summed E-state index contributed by atoms with van der Waals surface area (Å²) in [7, 11) is 0. The molecule has 1 heterocycles. The lowest BCUT2D eigenvalue weighted by Crippen LogP contribution is -2.20. The van der Waals surface area contributed by atoms with Crippen molar-refractivity contribution in [1.82, 2.24) is 15.0 Å². The lowest BCUT2D eigenvalue weighted by atomic mass is 10.1. The van der Waals surface area contributed by atoms with Crippen LogP contribution in [0.1, 0.15) is 116 Å². The van der Waals surface area contributed by atoms with Gasteiger partial charge in [0.15, 0.2) is 0 Å². The number of aromatic nitrogens is 3. The smallest absolute Gasteiger partial charge is 0.324 e. The van der Waals surface area contributed by atoms with Crippen molar-refractivity contribution in [2.75, 3.05) is 0 Å². The van der Waals surface area contributed by atoms with E-state index in [1.54, 1.807) is 0 Å². The van der Waals surface area contributed by atoms with E-state index in [0.29, 0.717) is 12.0 Å². The van der Waals surface area contributed by atoms with Gasteiger partial charge in [-0.1, -0.05) is 64.2 Å². The van der Waals surface area contributed by atoms with Crippen LogP contribution in [0.15, 0.2) is 0 Å². The number of ether oxygens (including phenoxy) is 2. The minimum atomic E-state index is 0.157. The minimum absolute atomic E-state index is 0.157. The Balaban J connectivity index is 1.59. The Kier molecular flexibility index (Phi) is 10.3. The molecule has 0 amide bonds. The molecule has 2 aliphatic rings. The fourth-order valence-electron chi connectivity index (χ4n) is 4.50. The highest BCUT2D eigenvalue weighted by Gasteiger charge is 2.18. The van der Waals surface area contributed by atoms with Gasteiger partial charge in [0, 0.05) is 0 Å². The Labute approximate surface area is 181 Å². The molecular weight excluding hydrogens is 386 g/mol. The van der Waals surface area contributed by atoms with E-state index in [9.17, 15) is 0 Å². The summed E-state index contributed by atoms with van der Waals surface area (Å²) in [6.07, 6.45) is 22.6. The molecule has 164 valence electrons. The van der Waals surface area contributed by atoms with E-state index < -0.39 is 0 Å². The fraction of sp³-hybridized carbons (Fsp3) is 0.870. The molecular formula is C23H38ClN3O2. The number of halogens is 1. The summed E-state index contributed by atoms with van der Waals surface area (Å²) >= 11 is 6.18. The van der Waals surface area contributed by atoms with Crippen molar-refractivity contribution in [3.63, 3.8) is 0 Å². The van der Waals surface area contributed by atoms with Gasteiger partial charge in [0.25, 0.3) is 0 Å². The van der Waals surface area contributed by atoms with Gasteiger partial charge in [0.05, 0.1) is 0 Å². The number of nitrogens with zero attached hydrogens (tertiary/aromatic N) is 3. The first-order chi connectivity index (χ1) is 14.3. The van der Waals surface area contributed by atoms with Crippen molar-refractivity contribution >= 4 is 11.6 Å². The lowest BCUT2D eigenvalue weighted by molar-refractivity contribution is 0.140. The maximum atomic E-state index is 6.18. The molecule has 6 heteroatoms. The Morgan fingerprint density at radius 2 is 0.793 bits per heavy atom. The van der Waals surface area contributed by atoms with Crippen LogP contribution in [0.4, 0.5) is 0 Å². The molecule has 0 N–H and O–H groups in total. The van der Waals surface area contributed by atoms with Crippen molar-refractivity contribution in [2.45, 2.75) is 128 Å². The summed E-state index contributed by atoms with van der Waals surface area (Å²) in [5, 5.41) is 0.157. The van der Waals surface area contributed by atoms with E-state index in [2.05, 4.69) is 15.0 Å². The first-order valence-electron chi connectivity index (χ1n) is 12.0. The molecule has 0 saturated heterocycles. The van der Waals surface area contributed by atoms with Crippen LogP contribution in [-0.4, -0.2) is 27.2 Å². The van der Waals surface area contributed by atoms with Gasteiger partial charge in [-0.3, -0.25) is 0 Å². The van der Waals surface area contributed by atoms with Crippen molar-refractivity contribution < 1.29 is 9.47 Å². The Bertz CT molecular complexity index is 565. The molecule has 0 aliphatic heterocycles. The molecule has 0 aromatic carbocycles. The molecule has 1 aromatic heterocycles. The molecule has 29 heavy (non-hydrogen) atoms. The van der Waals surface area contributed by atoms with E-state index in [0.717, 1.165) is 25.7 Å². The predicted molar refractivity (Wildman–Crippen MR) is 117 cm³/mol. The predicted octanol–water partition coefficient (Wildman–Crippen LogP) is 7.07. The van der Waals surface area contributed by atoms with Crippen molar-refractivity contribution in [2.24, 2.45) is 0 Å². The second-order valence-electron chi connectivity index (χ2n) is 8.75. The van der Waals surface area contributed by atoms with Crippen LogP contribution in [0.3, 0.4) is 0 Å². The van der Waals surface area contributed by atoms with Gasteiger partial charge in [-0.05, 0) is 63.0 Å². The molecule has 1 aromatic rings. The second-order valence-corrected chi connectivity index (χ2v) is 9.09. The average Bonchev–Trinajstić information content (AvgIpc) is 2.78. The lowest BCUT2D eigenvalue weighted by Gasteiger charge is -2.19. The van der Waals surface area contributed by atoms with Gasteiger partial charge in [-0.2, -0.15) is 9.97 Å². The first-order valence-corrected chi connectivity index (χ1v) is 12.4. The van der Waals surface area contributed by atoms with Gasteiger partial charge in [0.2, 0.25) is 5.28 Å². The van der Waals surface area contributed by atoms with Gasteiger partial charge in [-0.15, -0.1) is 4.98 Å². The minimum Gasteiger partial charge on any atom is -0.460 e. The van der Waals surface area contributed by atoms with E-state index in [1.807, 2.05) is 0 Å². The number of hydrogen-bond donors (Lipinski definition) is 0. The normalized spacial score (nSPS) is 22.0. The third-order valence-electron chi connectivity index (χ3n) is 6.22. The van der Waals surface area contributed by atoms with Gasteiger partial charge in [0.1, 0.15) is 12.2 Å². The monoisotopic (exact) mass is 423 g/mol. The van der Waals surface area contributed by atoms with Crippen LogP contribution < -0.4 is 9.47 Å². The van der Waals surface area contributed by atoms with Crippen molar-refractivity contribution in [1.29, 1.82) is 0 Å². The quantitative estimate of drug-likeness (QED) is 0.518. The molecule has 0 spiro atoms. The number of hydrogen-bond acceptors (Lipinski definition) is 5. The maximum absolute atomic E-state index is 6.18. The highest BCUT2D eigenvalue weighted by molar-refractivity contribution is 6.28. The summed E-state index contributed by atoms with van der Waals surface area (Å²) in [5.74, 6) is 0. The van der Waals surface area contributed by atoms with E-state index in [-0.39, 0.29) is 17.5 Å². The summed E-state index contributed by atoms with van der Waals surface area (Å²) in [6.45, 7) is 0. The molecule has 0 radical (unpaired) electrons. The summed E-state index contributed by atoms with van der Waals surface area (Å²) in [6, 6.07) is 0.642. The topological polar surface area (TPSA) is 57.1 Å². The standard InChI is InChI=1S/C23H38ClN3O2/c24-21-25-22(28-19-15-11-7-3-1-2-4-8-12-16-19)27-23(26-21)29-20-17-13-9-5-6-10-14-18-20/h19-20H,1-18H2. The zero-order valence-corrected chi connectivity index (χ0v) is 18.7. The molecule has 5 nitrogen and oxygen atoms in total. The largest absolute Gasteiger partial charge is 0.460 e. The third kappa shape index (κ3) is 9.06. The highest BCUT2D eigenvalue weighted by Crippen LogP contribution is 2.24. The Morgan fingerprint density at radius 3 is 1.14 bits per heavy atom. The molecule has 2 fully saturated rings. The van der Waals surface area contributed by atoms with Gasteiger partial charge in [-0.25, -0.2) is 0 Å². The van der Waals surface area contributed by atoms with E-state index in [4.69, 9.17) is 21.1 Å². The summed E-state index contributed by atoms with van der Waals surface area (Å²) < 4.78 is 12.3. The highest BCUT2D eigenvalue weighted by atomic mass is 35.5. The maximum Gasteiger partial charge on any atom is 0.324 e. The molecule has 0 bridgehead atoms. The number of rotatable bonds is 4. The Morgan fingerprint density at radius 1 is 0.483 bits per heavy atom. The molecule has 2 saturated carbocycles. The molecule has 2 aliphatic carbocycles. The van der Waals surface area contributed by atoms with Crippen LogP contribution in [0, 0.1) is 0 Å².